The molecule has 1 fully saturated rings. The summed E-state index contributed by atoms with van der Waals surface area (Å²) in [4.78, 5) is 27.2. The first-order chi connectivity index (χ1) is 13.7. The molecule has 0 spiro atoms. The molecule has 30 heavy (non-hydrogen) atoms. The van der Waals surface area contributed by atoms with Gasteiger partial charge in [-0.15, -0.1) is 12.4 Å². The molecule has 0 aromatic heterocycles. The second kappa shape index (κ2) is 10.0. The fraction of sp³-hybridized carbons (Fsp3) is 0.391. The number of rotatable bonds is 4. The zero-order chi connectivity index (χ0) is 21.0. The molecule has 5 nitrogen and oxygen atoms in total. The zero-order valence-electron chi connectivity index (χ0n) is 17.6. The van der Waals surface area contributed by atoms with Crippen molar-refractivity contribution in [1.29, 1.82) is 0 Å². The van der Waals surface area contributed by atoms with E-state index in [1.54, 1.807) is 35.2 Å². The summed E-state index contributed by atoms with van der Waals surface area (Å²) in [7, 11) is 0. The first kappa shape index (κ1) is 23.8. The second-order valence-corrected chi connectivity index (χ2v) is 8.59. The van der Waals surface area contributed by atoms with Crippen LogP contribution in [-0.4, -0.2) is 42.9 Å². The van der Waals surface area contributed by atoms with E-state index in [9.17, 15) is 14.0 Å². The third-order valence-corrected chi connectivity index (χ3v) is 4.91. The van der Waals surface area contributed by atoms with E-state index in [-0.39, 0.29) is 41.5 Å². The van der Waals surface area contributed by atoms with Crippen LogP contribution in [-0.2, 0) is 0 Å². The van der Waals surface area contributed by atoms with Crippen molar-refractivity contribution in [3.63, 3.8) is 0 Å². The van der Waals surface area contributed by atoms with Gasteiger partial charge >= 0.3 is 0 Å². The molecule has 7 heteroatoms. The van der Waals surface area contributed by atoms with E-state index >= 15 is 0 Å². The van der Waals surface area contributed by atoms with Crippen LogP contribution in [0.5, 0.6) is 0 Å². The van der Waals surface area contributed by atoms with E-state index < -0.39 is 0 Å². The molecular weight excluding hydrogens is 405 g/mol. The predicted molar refractivity (Wildman–Crippen MR) is 119 cm³/mol. The van der Waals surface area contributed by atoms with Gasteiger partial charge in [0.1, 0.15) is 5.82 Å². The molecule has 0 saturated carbocycles. The summed E-state index contributed by atoms with van der Waals surface area (Å²) < 4.78 is 13.7. The van der Waals surface area contributed by atoms with Crippen LogP contribution in [0.15, 0.2) is 48.5 Å². The normalized spacial score (nSPS) is 16.5. The Morgan fingerprint density at radius 1 is 1.13 bits per heavy atom. The van der Waals surface area contributed by atoms with E-state index in [1.807, 2.05) is 6.07 Å². The van der Waals surface area contributed by atoms with Gasteiger partial charge in [-0.25, -0.2) is 4.39 Å². The minimum Gasteiger partial charge on any atom is -0.352 e. The predicted octanol–water partition coefficient (Wildman–Crippen LogP) is 3.81. The van der Waals surface area contributed by atoms with E-state index in [0.717, 1.165) is 5.56 Å². The van der Waals surface area contributed by atoms with Gasteiger partial charge in [-0.1, -0.05) is 32.9 Å². The highest BCUT2D eigenvalue weighted by Crippen LogP contribution is 2.25. The number of carbonyl (C=O) groups excluding carboxylic acids is 2. The first-order valence-electron chi connectivity index (χ1n) is 9.90. The van der Waals surface area contributed by atoms with E-state index in [1.165, 1.54) is 12.1 Å². The Morgan fingerprint density at radius 3 is 2.43 bits per heavy atom. The quantitative estimate of drug-likeness (QED) is 0.770. The molecule has 2 aromatic carbocycles. The largest absolute Gasteiger partial charge is 0.352 e. The maximum atomic E-state index is 13.7. The summed E-state index contributed by atoms with van der Waals surface area (Å²) in [6, 6.07) is 12.8. The number of hydrogen-bond acceptors (Lipinski definition) is 3. The Kier molecular flexibility index (Phi) is 7.98. The highest BCUT2D eigenvalue weighted by molar-refractivity contribution is 5.98. The van der Waals surface area contributed by atoms with E-state index in [0.29, 0.717) is 37.3 Å². The summed E-state index contributed by atoms with van der Waals surface area (Å²) in [5.41, 5.74) is 1.80. The molecule has 1 atom stereocenters. The fourth-order valence-electron chi connectivity index (χ4n) is 3.34. The number of piperazine rings is 1. The topological polar surface area (TPSA) is 61.4 Å². The van der Waals surface area contributed by atoms with Crippen molar-refractivity contribution in [2.45, 2.75) is 26.8 Å². The number of nitrogens with one attached hydrogen (secondary N) is 2. The summed E-state index contributed by atoms with van der Waals surface area (Å²) in [6.07, 6.45) is 0. The zero-order valence-corrected chi connectivity index (χ0v) is 18.4. The molecule has 162 valence electrons. The average Bonchev–Trinajstić information content (AvgIpc) is 2.71. The van der Waals surface area contributed by atoms with E-state index in [2.05, 4.69) is 31.4 Å². The maximum Gasteiger partial charge on any atom is 0.254 e. The number of nitrogens with zero attached hydrogens (tertiary/aromatic N) is 1. The first-order valence-corrected chi connectivity index (χ1v) is 9.90. The van der Waals surface area contributed by atoms with Crippen LogP contribution >= 0.6 is 12.4 Å². The number of amides is 2. The van der Waals surface area contributed by atoms with Crippen molar-refractivity contribution in [3.05, 3.63) is 71.0 Å². The van der Waals surface area contributed by atoms with Crippen LogP contribution < -0.4 is 10.6 Å². The van der Waals surface area contributed by atoms with Gasteiger partial charge in [-0.3, -0.25) is 9.59 Å². The van der Waals surface area contributed by atoms with Crippen LogP contribution in [0.1, 0.15) is 53.1 Å². The van der Waals surface area contributed by atoms with Crippen LogP contribution in [0.2, 0.25) is 0 Å². The van der Waals surface area contributed by atoms with Gasteiger partial charge in [0, 0.05) is 37.3 Å². The second-order valence-electron chi connectivity index (χ2n) is 8.59. The van der Waals surface area contributed by atoms with Gasteiger partial charge in [0.15, 0.2) is 0 Å². The van der Waals surface area contributed by atoms with E-state index in [4.69, 9.17) is 0 Å². The lowest BCUT2D eigenvalue weighted by atomic mass is 9.97. The molecule has 0 bridgehead atoms. The summed E-state index contributed by atoms with van der Waals surface area (Å²) in [5.74, 6) is -0.591. The Bertz CT molecular complexity index is 881. The van der Waals surface area contributed by atoms with Crippen molar-refractivity contribution < 1.29 is 14.0 Å². The van der Waals surface area contributed by atoms with Crippen LogP contribution in [0.4, 0.5) is 4.39 Å². The molecule has 0 radical (unpaired) electrons. The number of carbonyl (C=O) groups is 2. The minimum atomic E-state index is -0.314. The molecule has 1 unspecified atom stereocenters. The molecular formula is C23H29ClFN3O2. The smallest absolute Gasteiger partial charge is 0.254 e. The lowest BCUT2D eigenvalue weighted by Crippen LogP contribution is -2.48. The highest BCUT2D eigenvalue weighted by atomic mass is 35.5. The molecule has 1 aliphatic rings. The van der Waals surface area contributed by atoms with Gasteiger partial charge in [0.2, 0.25) is 0 Å². The van der Waals surface area contributed by atoms with Gasteiger partial charge in [-0.05, 0) is 47.4 Å². The number of halogens is 2. The Balaban J connectivity index is 0.00000320. The van der Waals surface area contributed by atoms with Gasteiger partial charge in [0.05, 0.1) is 6.04 Å². The number of hydrogen-bond donors (Lipinski definition) is 2. The molecule has 1 heterocycles. The Hall–Kier alpha value is -2.44. The van der Waals surface area contributed by atoms with Crippen LogP contribution in [0.3, 0.4) is 0 Å². The average molecular weight is 434 g/mol. The standard InChI is InChI=1S/C23H28FN3O2.ClH/c1-23(2,3)15-26-21(28)16-7-9-17(10-8-16)22(29)27-12-11-25-14-20(27)18-5-4-6-19(24)13-18;/h4-10,13,20,25H,11-12,14-15H2,1-3H3,(H,26,28);1H. The van der Waals surface area contributed by atoms with Crippen molar-refractivity contribution in [3.8, 4) is 0 Å². The molecule has 1 saturated heterocycles. The molecule has 3 rings (SSSR count). The summed E-state index contributed by atoms with van der Waals surface area (Å²) >= 11 is 0. The summed E-state index contributed by atoms with van der Waals surface area (Å²) in [5, 5.41) is 6.18. The SMILES string of the molecule is CC(C)(C)CNC(=O)c1ccc(C(=O)N2CCNCC2c2cccc(F)c2)cc1.Cl. The molecule has 1 aliphatic heterocycles. The Morgan fingerprint density at radius 2 is 1.80 bits per heavy atom. The lowest BCUT2D eigenvalue weighted by Gasteiger charge is -2.36. The van der Waals surface area contributed by atoms with Crippen molar-refractivity contribution >= 4 is 24.2 Å². The number of benzene rings is 2. The van der Waals surface area contributed by atoms with Crippen LogP contribution in [0.25, 0.3) is 0 Å². The monoisotopic (exact) mass is 433 g/mol. The van der Waals surface area contributed by atoms with Crippen molar-refractivity contribution in [1.82, 2.24) is 15.5 Å². The lowest BCUT2D eigenvalue weighted by molar-refractivity contribution is 0.0633. The fourth-order valence-corrected chi connectivity index (χ4v) is 3.34. The van der Waals surface area contributed by atoms with Gasteiger partial charge in [-0.2, -0.15) is 0 Å². The minimum absolute atomic E-state index is 0. The Labute approximate surface area is 183 Å². The van der Waals surface area contributed by atoms with Crippen molar-refractivity contribution in [2.24, 2.45) is 5.41 Å². The summed E-state index contributed by atoms with van der Waals surface area (Å²) in [6.45, 7) is 8.52. The van der Waals surface area contributed by atoms with Crippen LogP contribution in [0, 0.1) is 11.2 Å². The maximum absolute atomic E-state index is 13.7. The molecule has 2 amide bonds. The molecule has 2 aromatic rings. The third kappa shape index (κ3) is 6.03. The van der Waals surface area contributed by atoms with Crippen molar-refractivity contribution in [2.75, 3.05) is 26.2 Å². The highest BCUT2D eigenvalue weighted by Gasteiger charge is 2.29. The third-order valence-electron chi connectivity index (χ3n) is 4.91. The molecule has 0 aliphatic carbocycles. The van der Waals surface area contributed by atoms with Gasteiger partial charge in [0.25, 0.3) is 11.8 Å². The molecule has 2 N–H and O–H groups in total. The van der Waals surface area contributed by atoms with Gasteiger partial charge < -0.3 is 15.5 Å².